The number of amides is 1. The molecule has 28 heavy (non-hydrogen) atoms. The van der Waals surface area contributed by atoms with Gasteiger partial charge in [-0.3, -0.25) is 9.59 Å². The van der Waals surface area contributed by atoms with E-state index in [1.165, 1.54) is 32.3 Å². The van der Waals surface area contributed by atoms with Gasteiger partial charge in [-0.2, -0.15) is 0 Å². The molecular weight excluding hydrogens is 385 g/mol. The van der Waals surface area contributed by atoms with Gasteiger partial charge in [0.15, 0.2) is 0 Å². The Morgan fingerprint density at radius 2 is 1.75 bits per heavy atom. The molecule has 1 heterocycles. The molecule has 0 aliphatic rings. The van der Waals surface area contributed by atoms with Crippen LogP contribution in [0.5, 0.6) is 0 Å². The van der Waals surface area contributed by atoms with Gasteiger partial charge in [0.1, 0.15) is 12.4 Å². The highest BCUT2D eigenvalue weighted by Crippen LogP contribution is 2.22. The third kappa shape index (κ3) is 5.05. The SMILES string of the molecule is CC(C)C(NC(=O)Cn1cc(S(=O)(=O)N(C)C)ccc1=O)c1ccc(F)cc1. The molecule has 9 heteroatoms. The maximum atomic E-state index is 13.2. The lowest BCUT2D eigenvalue weighted by atomic mass is 9.96. The van der Waals surface area contributed by atoms with E-state index in [4.69, 9.17) is 0 Å². The Morgan fingerprint density at radius 3 is 2.29 bits per heavy atom. The van der Waals surface area contributed by atoms with Gasteiger partial charge >= 0.3 is 0 Å². The number of carbonyl (C=O) groups excluding carboxylic acids is 1. The van der Waals surface area contributed by atoms with Crippen LogP contribution in [0.25, 0.3) is 0 Å². The van der Waals surface area contributed by atoms with Crippen LogP contribution in [0, 0.1) is 11.7 Å². The summed E-state index contributed by atoms with van der Waals surface area (Å²) in [6.45, 7) is 3.48. The zero-order valence-electron chi connectivity index (χ0n) is 16.2. The fourth-order valence-corrected chi connectivity index (χ4v) is 3.60. The van der Waals surface area contributed by atoms with Crippen molar-refractivity contribution >= 4 is 15.9 Å². The number of carbonyl (C=O) groups is 1. The van der Waals surface area contributed by atoms with Gasteiger partial charge < -0.3 is 9.88 Å². The molecule has 0 aliphatic carbocycles. The second-order valence-electron chi connectivity index (χ2n) is 6.96. The van der Waals surface area contributed by atoms with E-state index < -0.39 is 21.5 Å². The maximum Gasteiger partial charge on any atom is 0.251 e. The molecule has 152 valence electrons. The first-order valence-corrected chi connectivity index (χ1v) is 10.1. The van der Waals surface area contributed by atoms with Crippen LogP contribution in [0.4, 0.5) is 4.39 Å². The second-order valence-corrected chi connectivity index (χ2v) is 9.11. The minimum absolute atomic E-state index is 0.0200. The summed E-state index contributed by atoms with van der Waals surface area (Å²) in [5.41, 5.74) is 0.247. The number of benzene rings is 1. The predicted molar refractivity (Wildman–Crippen MR) is 104 cm³/mol. The molecule has 1 aromatic heterocycles. The third-order valence-electron chi connectivity index (χ3n) is 4.26. The highest BCUT2D eigenvalue weighted by atomic mass is 32.2. The lowest BCUT2D eigenvalue weighted by molar-refractivity contribution is -0.122. The van der Waals surface area contributed by atoms with Gasteiger partial charge in [-0.15, -0.1) is 0 Å². The molecule has 0 saturated heterocycles. The van der Waals surface area contributed by atoms with Gasteiger partial charge in [0, 0.05) is 26.4 Å². The Balaban J connectivity index is 2.24. The molecule has 7 nitrogen and oxygen atoms in total. The molecule has 0 spiro atoms. The number of rotatable bonds is 7. The van der Waals surface area contributed by atoms with Crippen LogP contribution in [0.15, 0.2) is 52.3 Å². The summed E-state index contributed by atoms with van der Waals surface area (Å²) in [6, 6.07) is 7.77. The molecule has 1 unspecified atom stereocenters. The second kappa shape index (κ2) is 8.66. The number of sulfonamides is 1. The lowest BCUT2D eigenvalue weighted by Gasteiger charge is -2.23. The van der Waals surface area contributed by atoms with E-state index in [9.17, 15) is 22.4 Å². The van der Waals surface area contributed by atoms with Crippen LogP contribution >= 0.6 is 0 Å². The van der Waals surface area contributed by atoms with E-state index >= 15 is 0 Å². The van der Waals surface area contributed by atoms with Crippen molar-refractivity contribution in [2.45, 2.75) is 31.3 Å². The van der Waals surface area contributed by atoms with E-state index in [1.807, 2.05) is 13.8 Å². The smallest absolute Gasteiger partial charge is 0.251 e. The summed E-state index contributed by atoms with van der Waals surface area (Å²) in [7, 11) is -0.964. The minimum atomic E-state index is -3.73. The van der Waals surface area contributed by atoms with Gasteiger partial charge in [0.2, 0.25) is 15.9 Å². The van der Waals surface area contributed by atoms with Crippen LogP contribution < -0.4 is 10.9 Å². The average Bonchev–Trinajstić information content (AvgIpc) is 2.62. The van der Waals surface area contributed by atoms with Crippen LogP contribution in [0.3, 0.4) is 0 Å². The van der Waals surface area contributed by atoms with Crippen LogP contribution in [0.2, 0.25) is 0 Å². The molecule has 1 N–H and O–H groups in total. The highest BCUT2D eigenvalue weighted by Gasteiger charge is 2.21. The third-order valence-corrected chi connectivity index (χ3v) is 6.06. The fourth-order valence-electron chi connectivity index (χ4n) is 2.68. The summed E-state index contributed by atoms with van der Waals surface area (Å²) < 4.78 is 39.7. The van der Waals surface area contributed by atoms with Crippen molar-refractivity contribution in [3.8, 4) is 0 Å². The summed E-state index contributed by atoms with van der Waals surface area (Å²) in [5.74, 6) is -0.806. The predicted octanol–water partition coefficient (Wildman–Crippen LogP) is 1.75. The van der Waals surface area contributed by atoms with Crippen LogP contribution in [0.1, 0.15) is 25.5 Å². The fraction of sp³-hybridized carbons (Fsp3) is 0.368. The molecule has 0 fully saturated rings. The number of hydrogen-bond acceptors (Lipinski definition) is 4. The standard InChI is InChI=1S/C19H24FN3O4S/c1-13(2)19(14-5-7-15(20)8-6-14)21-17(24)12-23-11-16(9-10-18(23)25)28(26,27)22(3)4/h5-11,13,19H,12H2,1-4H3,(H,21,24). The molecule has 2 aromatic rings. The Labute approximate surface area is 163 Å². The summed E-state index contributed by atoms with van der Waals surface area (Å²) in [4.78, 5) is 24.5. The number of nitrogens with zero attached hydrogens (tertiary/aromatic N) is 2. The summed E-state index contributed by atoms with van der Waals surface area (Å²) in [5, 5.41) is 2.83. The van der Waals surface area contributed by atoms with E-state index in [0.29, 0.717) is 0 Å². The van der Waals surface area contributed by atoms with Crippen LogP contribution in [-0.4, -0.2) is 37.3 Å². The minimum Gasteiger partial charge on any atom is -0.347 e. The largest absolute Gasteiger partial charge is 0.347 e. The normalized spacial score (nSPS) is 13.0. The van der Waals surface area contributed by atoms with Crippen LogP contribution in [-0.2, 0) is 21.4 Å². The first kappa shape index (κ1) is 21.8. The van der Waals surface area contributed by atoms with E-state index in [-0.39, 0.29) is 29.2 Å². The average molecular weight is 409 g/mol. The monoisotopic (exact) mass is 409 g/mol. The molecule has 1 amide bonds. The van der Waals surface area contributed by atoms with Crippen molar-refractivity contribution in [2.24, 2.45) is 5.92 Å². The number of pyridine rings is 1. The first-order valence-electron chi connectivity index (χ1n) is 8.70. The molecule has 2 rings (SSSR count). The highest BCUT2D eigenvalue weighted by molar-refractivity contribution is 7.89. The lowest BCUT2D eigenvalue weighted by Crippen LogP contribution is -2.36. The molecule has 1 aromatic carbocycles. The van der Waals surface area contributed by atoms with Crippen molar-refractivity contribution in [2.75, 3.05) is 14.1 Å². The maximum absolute atomic E-state index is 13.2. The molecule has 0 aliphatic heterocycles. The van der Waals surface area contributed by atoms with E-state index in [2.05, 4.69) is 5.32 Å². The first-order chi connectivity index (χ1) is 13.0. The summed E-state index contributed by atoms with van der Waals surface area (Å²) >= 11 is 0. The number of nitrogens with one attached hydrogen (secondary N) is 1. The van der Waals surface area contributed by atoms with Crippen molar-refractivity contribution in [1.82, 2.24) is 14.2 Å². The van der Waals surface area contributed by atoms with Gasteiger partial charge in [0.25, 0.3) is 5.56 Å². The quantitative estimate of drug-likeness (QED) is 0.755. The Hall–Kier alpha value is -2.52. The summed E-state index contributed by atoms with van der Waals surface area (Å²) in [6.07, 6.45) is 1.15. The Kier molecular flexibility index (Phi) is 6.73. The number of aromatic nitrogens is 1. The van der Waals surface area contributed by atoms with Gasteiger partial charge in [-0.25, -0.2) is 17.1 Å². The topological polar surface area (TPSA) is 88.5 Å². The number of hydrogen-bond donors (Lipinski definition) is 1. The molecule has 0 saturated carbocycles. The van der Waals surface area contributed by atoms with Gasteiger partial charge in [-0.1, -0.05) is 26.0 Å². The Bertz CT molecular complexity index is 999. The molecule has 0 bridgehead atoms. The Morgan fingerprint density at radius 1 is 1.14 bits per heavy atom. The van der Waals surface area contributed by atoms with E-state index in [1.54, 1.807) is 12.1 Å². The molecule has 1 atom stereocenters. The van der Waals surface area contributed by atoms with Crippen molar-refractivity contribution in [1.29, 1.82) is 0 Å². The molecule has 0 radical (unpaired) electrons. The van der Waals surface area contributed by atoms with Crippen molar-refractivity contribution in [3.63, 3.8) is 0 Å². The van der Waals surface area contributed by atoms with E-state index in [0.717, 1.165) is 26.7 Å². The van der Waals surface area contributed by atoms with Gasteiger partial charge in [-0.05, 0) is 29.7 Å². The van der Waals surface area contributed by atoms with Crippen molar-refractivity contribution in [3.05, 3.63) is 64.3 Å². The number of halogens is 1. The molecular formula is C19H24FN3O4S. The zero-order chi connectivity index (χ0) is 21.1. The zero-order valence-corrected chi connectivity index (χ0v) is 17.0. The van der Waals surface area contributed by atoms with Crippen molar-refractivity contribution < 1.29 is 17.6 Å². The van der Waals surface area contributed by atoms with Gasteiger partial charge in [0.05, 0.1) is 10.9 Å².